The van der Waals surface area contributed by atoms with Gasteiger partial charge in [0.2, 0.25) is 11.8 Å². The predicted octanol–water partition coefficient (Wildman–Crippen LogP) is 1.89. The second kappa shape index (κ2) is 5.51. The molecule has 0 N–H and O–H groups in total. The van der Waals surface area contributed by atoms with Gasteiger partial charge in [0.25, 0.3) is 0 Å². The van der Waals surface area contributed by atoms with Crippen LogP contribution in [0.2, 0.25) is 0 Å². The molecule has 2 aliphatic heterocycles. The molecule has 19 heavy (non-hydrogen) atoms. The lowest BCUT2D eigenvalue weighted by Crippen LogP contribution is -2.49. The molecule has 4 heteroatoms. The second-order valence-corrected chi connectivity index (χ2v) is 6.49. The van der Waals surface area contributed by atoms with Crippen LogP contribution in [-0.2, 0) is 9.59 Å². The summed E-state index contributed by atoms with van der Waals surface area (Å²) in [7, 11) is 0. The summed E-state index contributed by atoms with van der Waals surface area (Å²) in [4.78, 5) is 27.3. The Morgan fingerprint density at radius 1 is 0.895 bits per heavy atom. The summed E-state index contributed by atoms with van der Waals surface area (Å²) >= 11 is 0. The van der Waals surface area contributed by atoms with E-state index in [-0.39, 0.29) is 17.7 Å². The standard InChI is InChI=1S/C15H26N2O2/c1-12(2)14(19)17-10-6-15(7-11-17)4-8-16(9-5-15)13(3)18/h12H,4-11H2,1-3H3. The van der Waals surface area contributed by atoms with Crippen molar-refractivity contribution in [3.63, 3.8) is 0 Å². The highest BCUT2D eigenvalue weighted by molar-refractivity contribution is 5.78. The predicted molar refractivity (Wildman–Crippen MR) is 74.6 cm³/mol. The Morgan fingerprint density at radius 3 is 1.68 bits per heavy atom. The van der Waals surface area contributed by atoms with Gasteiger partial charge in [-0.2, -0.15) is 0 Å². The fourth-order valence-electron chi connectivity index (χ4n) is 3.36. The fraction of sp³-hybridized carbons (Fsp3) is 0.867. The maximum absolute atomic E-state index is 12.0. The zero-order chi connectivity index (χ0) is 14.0. The van der Waals surface area contributed by atoms with Crippen molar-refractivity contribution in [3.8, 4) is 0 Å². The second-order valence-electron chi connectivity index (χ2n) is 6.49. The SMILES string of the molecule is CC(=O)N1CCC2(CC1)CCN(C(=O)C(C)C)CC2. The summed E-state index contributed by atoms with van der Waals surface area (Å²) in [6.45, 7) is 9.19. The lowest BCUT2D eigenvalue weighted by Gasteiger charge is -2.47. The van der Waals surface area contributed by atoms with Gasteiger partial charge in [-0.15, -0.1) is 0 Å². The van der Waals surface area contributed by atoms with E-state index in [4.69, 9.17) is 0 Å². The summed E-state index contributed by atoms with van der Waals surface area (Å²) < 4.78 is 0. The number of hydrogen-bond acceptors (Lipinski definition) is 2. The molecule has 2 rings (SSSR count). The maximum Gasteiger partial charge on any atom is 0.225 e. The van der Waals surface area contributed by atoms with Crippen molar-refractivity contribution in [3.05, 3.63) is 0 Å². The Balaban J connectivity index is 1.87. The molecule has 1 spiro atoms. The largest absolute Gasteiger partial charge is 0.343 e. The smallest absolute Gasteiger partial charge is 0.225 e. The van der Waals surface area contributed by atoms with Crippen molar-refractivity contribution in [1.82, 2.24) is 9.80 Å². The maximum atomic E-state index is 12.0. The van der Waals surface area contributed by atoms with Gasteiger partial charge in [0.1, 0.15) is 0 Å². The molecule has 0 atom stereocenters. The Hall–Kier alpha value is -1.06. The van der Waals surface area contributed by atoms with E-state index in [2.05, 4.69) is 0 Å². The zero-order valence-electron chi connectivity index (χ0n) is 12.4. The van der Waals surface area contributed by atoms with E-state index < -0.39 is 0 Å². The summed E-state index contributed by atoms with van der Waals surface area (Å²) in [6.07, 6.45) is 4.43. The van der Waals surface area contributed by atoms with E-state index in [1.54, 1.807) is 6.92 Å². The lowest BCUT2D eigenvalue weighted by molar-refractivity contribution is -0.138. The van der Waals surface area contributed by atoms with Gasteiger partial charge in [-0.1, -0.05) is 13.8 Å². The minimum atomic E-state index is 0.105. The summed E-state index contributed by atoms with van der Waals surface area (Å²) in [6, 6.07) is 0. The normalized spacial score (nSPS) is 22.9. The molecule has 0 aromatic carbocycles. The minimum Gasteiger partial charge on any atom is -0.343 e. The Bertz CT molecular complexity index is 347. The molecule has 2 saturated heterocycles. The monoisotopic (exact) mass is 266 g/mol. The van der Waals surface area contributed by atoms with Gasteiger partial charge < -0.3 is 9.80 Å². The summed E-state index contributed by atoms with van der Waals surface area (Å²) in [5.74, 6) is 0.590. The van der Waals surface area contributed by atoms with Gasteiger partial charge >= 0.3 is 0 Å². The topological polar surface area (TPSA) is 40.6 Å². The molecular formula is C15H26N2O2. The first-order chi connectivity index (χ1) is 8.93. The van der Waals surface area contributed by atoms with Gasteiger partial charge in [0, 0.05) is 39.0 Å². The molecule has 2 aliphatic rings. The van der Waals surface area contributed by atoms with E-state index in [1.807, 2.05) is 23.6 Å². The lowest BCUT2D eigenvalue weighted by atomic mass is 9.71. The van der Waals surface area contributed by atoms with Crippen LogP contribution in [0.3, 0.4) is 0 Å². The molecular weight excluding hydrogens is 240 g/mol. The average Bonchev–Trinajstić information content (AvgIpc) is 2.39. The number of hydrogen-bond donors (Lipinski definition) is 0. The van der Waals surface area contributed by atoms with Crippen molar-refractivity contribution in [2.75, 3.05) is 26.2 Å². The number of rotatable bonds is 1. The Kier molecular flexibility index (Phi) is 4.16. The van der Waals surface area contributed by atoms with E-state index in [0.717, 1.165) is 51.9 Å². The molecule has 0 bridgehead atoms. The van der Waals surface area contributed by atoms with E-state index in [0.29, 0.717) is 5.41 Å². The first-order valence-electron chi connectivity index (χ1n) is 7.48. The van der Waals surface area contributed by atoms with Crippen LogP contribution in [0.15, 0.2) is 0 Å². The first-order valence-corrected chi connectivity index (χ1v) is 7.48. The van der Waals surface area contributed by atoms with Gasteiger partial charge in [0.15, 0.2) is 0 Å². The third-order valence-electron chi connectivity index (χ3n) is 4.90. The summed E-state index contributed by atoms with van der Waals surface area (Å²) in [5, 5.41) is 0. The first kappa shape index (κ1) is 14.4. The van der Waals surface area contributed by atoms with Crippen LogP contribution >= 0.6 is 0 Å². The van der Waals surface area contributed by atoms with E-state index >= 15 is 0 Å². The molecule has 2 amide bonds. The number of piperidine rings is 2. The number of amides is 2. The van der Waals surface area contributed by atoms with Crippen LogP contribution in [0.4, 0.5) is 0 Å². The van der Waals surface area contributed by atoms with Crippen molar-refractivity contribution in [2.45, 2.75) is 46.5 Å². The fourth-order valence-corrected chi connectivity index (χ4v) is 3.36. The van der Waals surface area contributed by atoms with Gasteiger partial charge in [-0.05, 0) is 31.1 Å². The molecule has 0 aromatic heterocycles. The van der Waals surface area contributed by atoms with E-state index in [1.165, 1.54) is 0 Å². The molecule has 0 radical (unpaired) electrons. The van der Waals surface area contributed by atoms with Gasteiger partial charge in [0.05, 0.1) is 0 Å². The van der Waals surface area contributed by atoms with Crippen LogP contribution in [0.1, 0.15) is 46.5 Å². The van der Waals surface area contributed by atoms with Crippen LogP contribution in [-0.4, -0.2) is 47.8 Å². The van der Waals surface area contributed by atoms with Crippen molar-refractivity contribution < 1.29 is 9.59 Å². The molecule has 0 aliphatic carbocycles. The van der Waals surface area contributed by atoms with Gasteiger partial charge in [-0.3, -0.25) is 9.59 Å². The van der Waals surface area contributed by atoms with Crippen LogP contribution in [0, 0.1) is 11.3 Å². The molecule has 0 aromatic rings. The average molecular weight is 266 g/mol. The highest BCUT2D eigenvalue weighted by Gasteiger charge is 2.39. The van der Waals surface area contributed by atoms with Crippen molar-refractivity contribution in [2.24, 2.45) is 11.3 Å². The van der Waals surface area contributed by atoms with Crippen LogP contribution in [0.5, 0.6) is 0 Å². The third kappa shape index (κ3) is 3.10. The van der Waals surface area contributed by atoms with Crippen LogP contribution < -0.4 is 0 Å². The summed E-state index contributed by atoms with van der Waals surface area (Å²) in [5.41, 5.74) is 0.389. The molecule has 0 unspecified atom stereocenters. The number of carbonyl (C=O) groups is 2. The van der Waals surface area contributed by atoms with Gasteiger partial charge in [-0.25, -0.2) is 0 Å². The van der Waals surface area contributed by atoms with Crippen molar-refractivity contribution in [1.29, 1.82) is 0 Å². The molecule has 2 fully saturated rings. The number of nitrogens with zero attached hydrogens (tertiary/aromatic N) is 2. The minimum absolute atomic E-state index is 0.105. The Morgan fingerprint density at radius 2 is 1.32 bits per heavy atom. The molecule has 0 saturated carbocycles. The van der Waals surface area contributed by atoms with Crippen molar-refractivity contribution >= 4 is 11.8 Å². The highest BCUT2D eigenvalue weighted by atomic mass is 16.2. The molecule has 108 valence electrons. The number of likely N-dealkylation sites (tertiary alicyclic amines) is 2. The zero-order valence-corrected chi connectivity index (χ0v) is 12.4. The Labute approximate surface area is 116 Å². The number of carbonyl (C=O) groups excluding carboxylic acids is 2. The quantitative estimate of drug-likeness (QED) is 0.727. The highest BCUT2D eigenvalue weighted by Crippen LogP contribution is 2.41. The van der Waals surface area contributed by atoms with Crippen LogP contribution in [0.25, 0.3) is 0 Å². The molecule has 2 heterocycles. The van der Waals surface area contributed by atoms with E-state index in [9.17, 15) is 9.59 Å². The molecule has 4 nitrogen and oxygen atoms in total. The third-order valence-corrected chi connectivity index (χ3v) is 4.90.